The van der Waals surface area contributed by atoms with Crippen LogP contribution in [0.3, 0.4) is 0 Å². The number of hydrogen-bond acceptors (Lipinski definition) is 1. The van der Waals surface area contributed by atoms with Crippen LogP contribution in [0.2, 0.25) is 0 Å². The van der Waals surface area contributed by atoms with Crippen molar-refractivity contribution in [3.8, 4) is 0 Å². The van der Waals surface area contributed by atoms with Crippen LogP contribution in [0, 0.1) is 18.8 Å². The highest BCUT2D eigenvalue weighted by Gasteiger charge is 2.46. The van der Waals surface area contributed by atoms with Crippen molar-refractivity contribution in [3.05, 3.63) is 29.8 Å². The summed E-state index contributed by atoms with van der Waals surface area (Å²) >= 11 is 0. The third-order valence-corrected chi connectivity index (χ3v) is 3.57. The molecule has 0 radical (unpaired) electrons. The Morgan fingerprint density at radius 1 is 1.25 bits per heavy atom. The van der Waals surface area contributed by atoms with E-state index in [0.29, 0.717) is 0 Å². The van der Waals surface area contributed by atoms with Gasteiger partial charge in [-0.05, 0) is 37.3 Å². The van der Waals surface area contributed by atoms with Gasteiger partial charge < -0.3 is 10.2 Å². The van der Waals surface area contributed by atoms with Crippen LogP contribution < -0.4 is 5.32 Å². The van der Waals surface area contributed by atoms with Crippen molar-refractivity contribution >= 4 is 11.7 Å². The van der Waals surface area contributed by atoms with Crippen molar-refractivity contribution in [1.82, 2.24) is 4.90 Å². The number of hydrogen-bond donors (Lipinski definition) is 1. The first kappa shape index (κ1) is 9.70. The van der Waals surface area contributed by atoms with Crippen LogP contribution in [-0.4, -0.2) is 24.0 Å². The fourth-order valence-corrected chi connectivity index (χ4v) is 2.40. The predicted molar refractivity (Wildman–Crippen MR) is 63.4 cm³/mol. The molecule has 84 valence electrons. The lowest BCUT2D eigenvalue weighted by atomic mass is 10.2. The molecule has 0 bridgehead atoms. The van der Waals surface area contributed by atoms with E-state index in [1.165, 1.54) is 12.0 Å². The number of fused-ring (bicyclic) bond motifs is 1. The molecule has 1 aromatic carbocycles. The van der Waals surface area contributed by atoms with Crippen LogP contribution in [0.5, 0.6) is 0 Å². The fraction of sp³-hybridized carbons (Fsp3) is 0.462. The summed E-state index contributed by atoms with van der Waals surface area (Å²) in [4.78, 5) is 13.8. The van der Waals surface area contributed by atoms with Crippen LogP contribution in [0.1, 0.15) is 12.0 Å². The van der Waals surface area contributed by atoms with Crippen LogP contribution in [-0.2, 0) is 0 Å². The van der Waals surface area contributed by atoms with Gasteiger partial charge in [-0.15, -0.1) is 0 Å². The highest BCUT2D eigenvalue weighted by Crippen LogP contribution is 2.44. The van der Waals surface area contributed by atoms with Gasteiger partial charge in [0.15, 0.2) is 0 Å². The molecule has 16 heavy (non-hydrogen) atoms. The standard InChI is InChI=1S/C13H16N2O/c1-9-2-4-12(5-3-9)14-13(16)15-7-10-6-11(10)8-15/h2-5,10-11H,6-8H2,1H3,(H,14,16). The normalized spacial score (nSPS) is 26.4. The maximum Gasteiger partial charge on any atom is 0.321 e. The summed E-state index contributed by atoms with van der Waals surface area (Å²) in [6.45, 7) is 3.93. The molecule has 1 heterocycles. The summed E-state index contributed by atoms with van der Waals surface area (Å²) in [5.41, 5.74) is 2.09. The topological polar surface area (TPSA) is 32.3 Å². The highest BCUT2D eigenvalue weighted by atomic mass is 16.2. The van der Waals surface area contributed by atoms with E-state index in [0.717, 1.165) is 30.6 Å². The average molecular weight is 216 g/mol. The largest absolute Gasteiger partial charge is 0.324 e. The molecule has 2 atom stereocenters. The second-order valence-electron chi connectivity index (χ2n) is 4.96. The predicted octanol–water partition coefficient (Wildman–Crippen LogP) is 2.48. The summed E-state index contributed by atoms with van der Waals surface area (Å²) < 4.78 is 0. The molecule has 2 amide bonds. The summed E-state index contributed by atoms with van der Waals surface area (Å²) in [6.07, 6.45) is 1.33. The Labute approximate surface area is 95.4 Å². The molecule has 1 saturated carbocycles. The zero-order valence-corrected chi connectivity index (χ0v) is 9.44. The third kappa shape index (κ3) is 1.77. The third-order valence-electron chi connectivity index (χ3n) is 3.57. The van der Waals surface area contributed by atoms with Crippen LogP contribution in [0.4, 0.5) is 10.5 Å². The number of nitrogens with zero attached hydrogens (tertiary/aromatic N) is 1. The van der Waals surface area contributed by atoms with E-state index >= 15 is 0 Å². The molecule has 1 aliphatic carbocycles. The number of anilines is 1. The number of nitrogens with one attached hydrogen (secondary N) is 1. The number of rotatable bonds is 1. The van der Waals surface area contributed by atoms with Gasteiger partial charge in [0.05, 0.1) is 0 Å². The van der Waals surface area contributed by atoms with E-state index in [4.69, 9.17) is 0 Å². The van der Waals surface area contributed by atoms with Gasteiger partial charge in [-0.1, -0.05) is 17.7 Å². The second-order valence-corrected chi connectivity index (χ2v) is 4.96. The molecular formula is C13H16N2O. The number of carbonyl (C=O) groups is 1. The first-order valence-corrected chi connectivity index (χ1v) is 5.85. The van der Waals surface area contributed by atoms with Crippen LogP contribution >= 0.6 is 0 Å². The molecule has 2 unspecified atom stereocenters. The monoisotopic (exact) mass is 216 g/mol. The lowest BCUT2D eigenvalue weighted by Crippen LogP contribution is -2.34. The van der Waals surface area contributed by atoms with E-state index in [1.807, 2.05) is 36.1 Å². The Morgan fingerprint density at radius 2 is 1.88 bits per heavy atom. The second kappa shape index (κ2) is 3.51. The van der Waals surface area contributed by atoms with Crippen molar-refractivity contribution < 1.29 is 4.79 Å². The fourth-order valence-electron chi connectivity index (χ4n) is 2.40. The first-order valence-electron chi connectivity index (χ1n) is 5.85. The smallest absolute Gasteiger partial charge is 0.321 e. The van der Waals surface area contributed by atoms with Gasteiger partial charge in [0.25, 0.3) is 0 Å². The molecule has 0 aromatic heterocycles. The maximum absolute atomic E-state index is 11.9. The van der Waals surface area contributed by atoms with Crippen molar-refractivity contribution in [1.29, 1.82) is 0 Å². The summed E-state index contributed by atoms with van der Waals surface area (Å²) in [5, 5.41) is 2.94. The van der Waals surface area contributed by atoms with Crippen molar-refractivity contribution in [2.24, 2.45) is 11.8 Å². The number of urea groups is 1. The van der Waals surface area contributed by atoms with E-state index < -0.39 is 0 Å². The Hall–Kier alpha value is -1.51. The van der Waals surface area contributed by atoms with Crippen LogP contribution in [0.15, 0.2) is 24.3 Å². The summed E-state index contributed by atoms with van der Waals surface area (Å²) in [6, 6.07) is 7.97. The zero-order valence-electron chi connectivity index (χ0n) is 9.44. The molecular weight excluding hydrogens is 200 g/mol. The molecule has 1 N–H and O–H groups in total. The van der Waals surface area contributed by atoms with Gasteiger partial charge in [0, 0.05) is 18.8 Å². The van der Waals surface area contributed by atoms with E-state index in [1.54, 1.807) is 0 Å². The minimum Gasteiger partial charge on any atom is -0.324 e. The number of amides is 2. The van der Waals surface area contributed by atoms with Gasteiger partial charge in [0.1, 0.15) is 0 Å². The Bertz CT molecular complexity index is 402. The molecule has 3 nitrogen and oxygen atoms in total. The molecule has 1 aromatic rings. The van der Waals surface area contributed by atoms with Gasteiger partial charge >= 0.3 is 6.03 Å². The van der Waals surface area contributed by atoms with E-state index in [2.05, 4.69) is 5.32 Å². The van der Waals surface area contributed by atoms with E-state index in [-0.39, 0.29) is 6.03 Å². The molecule has 2 fully saturated rings. The van der Waals surface area contributed by atoms with Gasteiger partial charge in [-0.25, -0.2) is 4.79 Å². The van der Waals surface area contributed by atoms with Gasteiger partial charge in [0.2, 0.25) is 0 Å². The number of aryl methyl sites for hydroxylation is 1. The van der Waals surface area contributed by atoms with Crippen LogP contribution in [0.25, 0.3) is 0 Å². The number of likely N-dealkylation sites (tertiary alicyclic amines) is 1. The quantitative estimate of drug-likeness (QED) is 0.768. The number of piperidine rings is 1. The molecule has 1 saturated heterocycles. The first-order chi connectivity index (χ1) is 7.72. The number of benzene rings is 1. The molecule has 2 aliphatic rings. The molecule has 3 heteroatoms. The lowest BCUT2D eigenvalue weighted by molar-refractivity contribution is 0.217. The Balaban J connectivity index is 1.61. The minimum atomic E-state index is 0.0519. The summed E-state index contributed by atoms with van der Waals surface area (Å²) in [7, 11) is 0. The molecule has 0 spiro atoms. The minimum absolute atomic E-state index is 0.0519. The SMILES string of the molecule is Cc1ccc(NC(=O)N2CC3CC3C2)cc1. The van der Waals surface area contributed by atoms with Crippen molar-refractivity contribution in [2.75, 3.05) is 18.4 Å². The maximum atomic E-state index is 11.9. The van der Waals surface area contributed by atoms with Gasteiger partial charge in [-0.3, -0.25) is 0 Å². The lowest BCUT2D eigenvalue weighted by Gasteiger charge is -2.18. The zero-order chi connectivity index (χ0) is 11.1. The Morgan fingerprint density at radius 3 is 2.50 bits per heavy atom. The summed E-state index contributed by atoms with van der Waals surface area (Å²) in [5.74, 6) is 1.59. The molecule has 1 aliphatic heterocycles. The Kier molecular flexibility index (Phi) is 2.13. The van der Waals surface area contributed by atoms with Gasteiger partial charge in [-0.2, -0.15) is 0 Å². The number of carbonyl (C=O) groups excluding carboxylic acids is 1. The average Bonchev–Trinajstić information content (AvgIpc) is 2.89. The van der Waals surface area contributed by atoms with E-state index in [9.17, 15) is 4.79 Å². The van der Waals surface area contributed by atoms with Crippen molar-refractivity contribution in [3.63, 3.8) is 0 Å². The highest BCUT2D eigenvalue weighted by molar-refractivity contribution is 5.89. The molecule has 3 rings (SSSR count). The van der Waals surface area contributed by atoms with Crippen molar-refractivity contribution in [2.45, 2.75) is 13.3 Å².